The van der Waals surface area contributed by atoms with E-state index in [1.54, 1.807) is 0 Å². The van der Waals surface area contributed by atoms with Gasteiger partial charge in [-0.3, -0.25) is 0 Å². The zero-order valence-electron chi connectivity index (χ0n) is 43.5. The number of fused-ring (bicyclic) bond motifs is 22. The van der Waals surface area contributed by atoms with E-state index in [1.807, 2.05) is 12.1 Å². The van der Waals surface area contributed by atoms with Crippen LogP contribution in [0.2, 0.25) is 0 Å². The number of para-hydroxylation sites is 4. The minimum atomic E-state index is -0.641. The molecule has 17 rings (SSSR count). The lowest BCUT2D eigenvalue weighted by Crippen LogP contribution is -2.26. The van der Waals surface area contributed by atoms with Gasteiger partial charge in [-0.1, -0.05) is 170 Å². The fraction of sp³-hybridized carbons (Fsp3) is 0.0400. The summed E-state index contributed by atoms with van der Waals surface area (Å²) < 4.78 is 13.6. The van der Waals surface area contributed by atoms with Gasteiger partial charge in [0.2, 0.25) is 0 Å². The first-order chi connectivity index (χ1) is 39.0. The number of rotatable bonds is 6. The Hall–Kier alpha value is -10.2. The van der Waals surface area contributed by atoms with Gasteiger partial charge in [0.25, 0.3) is 0 Å². The monoisotopic (exact) mass is 1010 g/mol. The van der Waals surface area contributed by atoms with Crippen molar-refractivity contribution < 1.29 is 8.83 Å². The lowest BCUT2D eigenvalue weighted by atomic mass is 9.69. The van der Waals surface area contributed by atoms with Crippen molar-refractivity contribution in [3.8, 4) is 22.3 Å². The SMILES string of the molecule is Cc1cccc(N(c2ccc3cc4c(cc3c2)C2(c3ccccc3-c3ccccc32)c2c-4c3ccccc3c3cc(N(c4cccc(C)c4)c4cccc5c4oc4ccccc45)ccc23)c2cccc3c2oc2ccccc23)c1. The van der Waals surface area contributed by atoms with Gasteiger partial charge in [0.05, 0.1) is 16.8 Å². The van der Waals surface area contributed by atoms with Crippen LogP contribution < -0.4 is 9.80 Å². The van der Waals surface area contributed by atoms with E-state index < -0.39 is 5.41 Å². The average Bonchev–Trinajstić information content (AvgIpc) is 3.26. The fourth-order valence-electron chi connectivity index (χ4n) is 14.1. The normalized spacial score (nSPS) is 13.0. The predicted molar refractivity (Wildman–Crippen MR) is 329 cm³/mol. The first-order valence-electron chi connectivity index (χ1n) is 27.3. The first-order valence-corrected chi connectivity index (χ1v) is 27.3. The number of nitrogens with zero attached hydrogens (tertiary/aromatic N) is 2. The smallest absolute Gasteiger partial charge is 0.159 e. The Morgan fingerprint density at radius 3 is 1.41 bits per heavy atom. The summed E-state index contributed by atoms with van der Waals surface area (Å²) in [7, 11) is 0. The van der Waals surface area contributed by atoms with Crippen LogP contribution in [0.1, 0.15) is 33.4 Å². The Balaban J connectivity index is 0.939. The molecule has 13 aromatic carbocycles. The van der Waals surface area contributed by atoms with E-state index in [0.29, 0.717) is 0 Å². The molecule has 0 atom stereocenters. The van der Waals surface area contributed by atoms with Gasteiger partial charge in [-0.05, 0) is 187 Å². The molecule has 370 valence electrons. The zero-order valence-corrected chi connectivity index (χ0v) is 43.5. The molecule has 79 heavy (non-hydrogen) atoms. The average molecular weight is 1010 g/mol. The van der Waals surface area contributed by atoms with Gasteiger partial charge < -0.3 is 18.6 Å². The molecular weight excluding hydrogens is 961 g/mol. The van der Waals surface area contributed by atoms with Crippen molar-refractivity contribution in [2.75, 3.05) is 9.80 Å². The van der Waals surface area contributed by atoms with E-state index in [1.165, 1.54) is 88.0 Å². The quantitative estimate of drug-likeness (QED) is 0.155. The Morgan fingerprint density at radius 2 is 0.797 bits per heavy atom. The van der Waals surface area contributed by atoms with Gasteiger partial charge in [0.1, 0.15) is 11.2 Å². The minimum absolute atomic E-state index is 0.641. The van der Waals surface area contributed by atoms with Crippen molar-refractivity contribution in [2.24, 2.45) is 0 Å². The van der Waals surface area contributed by atoms with Crippen LogP contribution >= 0.6 is 0 Å². The van der Waals surface area contributed by atoms with Crippen molar-refractivity contribution in [1.29, 1.82) is 0 Å². The molecule has 2 heterocycles. The molecule has 0 saturated carbocycles. The van der Waals surface area contributed by atoms with Crippen LogP contribution in [0.3, 0.4) is 0 Å². The summed E-state index contributed by atoms with van der Waals surface area (Å²) in [4.78, 5) is 4.77. The van der Waals surface area contributed by atoms with Gasteiger partial charge in [0.15, 0.2) is 11.2 Å². The summed E-state index contributed by atoms with van der Waals surface area (Å²) in [6.45, 7) is 4.33. The molecule has 15 aromatic rings. The van der Waals surface area contributed by atoms with Crippen LogP contribution in [0.4, 0.5) is 34.1 Å². The number of benzene rings is 13. The standard InChI is InChI=1S/C75H48N2O2/c1-45-17-13-19-49(39-45)76(67-31-15-27-60-56-24-7-11-33-69(56)78-73(60)67)51-36-35-47-42-63-66(43-48(47)41-51)75(64-29-9-5-22-54(64)55-23-6-10-30-65(55)75)72-59-38-37-52(44-62(59)53-21-3-4-26-58(53)71(63)72)77(50-20-14-18-46(2)40-50)68-32-16-28-61-57-25-8-12-34-70(57)79-74(61)68/h3-44H,1-2H3. The highest BCUT2D eigenvalue weighted by atomic mass is 16.3. The minimum Gasteiger partial charge on any atom is -0.454 e. The van der Waals surface area contributed by atoms with Crippen LogP contribution in [-0.2, 0) is 5.41 Å². The van der Waals surface area contributed by atoms with Crippen molar-refractivity contribution in [3.63, 3.8) is 0 Å². The molecule has 4 heteroatoms. The van der Waals surface area contributed by atoms with Crippen molar-refractivity contribution in [3.05, 3.63) is 288 Å². The highest BCUT2D eigenvalue weighted by Gasteiger charge is 2.53. The summed E-state index contributed by atoms with van der Waals surface area (Å²) >= 11 is 0. The third-order valence-corrected chi connectivity index (χ3v) is 17.3. The summed E-state index contributed by atoms with van der Waals surface area (Å²) in [5.74, 6) is 0. The molecular formula is C75H48N2O2. The van der Waals surface area contributed by atoms with E-state index in [-0.39, 0.29) is 0 Å². The van der Waals surface area contributed by atoms with E-state index in [2.05, 4.69) is 266 Å². The first kappa shape index (κ1) is 44.0. The Labute approximate surface area is 456 Å². The molecule has 0 radical (unpaired) electrons. The molecule has 4 nitrogen and oxygen atoms in total. The van der Waals surface area contributed by atoms with Crippen molar-refractivity contribution in [1.82, 2.24) is 0 Å². The number of aryl methyl sites for hydroxylation is 2. The van der Waals surface area contributed by atoms with Crippen molar-refractivity contribution in [2.45, 2.75) is 19.3 Å². The molecule has 2 aromatic heterocycles. The maximum atomic E-state index is 6.80. The maximum Gasteiger partial charge on any atom is 0.159 e. The Kier molecular flexibility index (Phi) is 9.15. The molecule has 0 fully saturated rings. The molecule has 0 unspecified atom stereocenters. The highest BCUT2D eigenvalue weighted by Crippen LogP contribution is 2.66. The summed E-state index contributed by atoms with van der Waals surface area (Å²) in [5.41, 5.74) is 21.8. The number of hydrogen-bond donors (Lipinski definition) is 0. The summed E-state index contributed by atoms with van der Waals surface area (Å²) in [5, 5.41) is 11.7. The number of furan rings is 2. The van der Waals surface area contributed by atoms with E-state index in [0.717, 1.165) is 78.0 Å². The molecule has 0 saturated heterocycles. The third kappa shape index (κ3) is 6.14. The molecule has 0 amide bonds. The van der Waals surface area contributed by atoms with Gasteiger partial charge in [0, 0.05) is 44.3 Å². The van der Waals surface area contributed by atoms with E-state index in [4.69, 9.17) is 8.83 Å². The summed E-state index contributed by atoms with van der Waals surface area (Å²) in [6.07, 6.45) is 0. The van der Waals surface area contributed by atoms with E-state index >= 15 is 0 Å². The van der Waals surface area contributed by atoms with Crippen LogP contribution in [0.5, 0.6) is 0 Å². The maximum absolute atomic E-state index is 6.80. The van der Waals surface area contributed by atoms with Gasteiger partial charge in [-0.2, -0.15) is 0 Å². The van der Waals surface area contributed by atoms with Crippen molar-refractivity contribution >= 4 is 110 Å². The molecule has 2 aliphatic carbocycles. The molecule has 0 aliphatic heterocycles. The highest BCUT2D eigenvalue weighted by molar-refractivity contribution is 6.22. The number of hydrogen-bond acceptors (Lipinski definition) is 4. The van der Waals surface area contributed by atoms with Gasteiger partial charge in [-0.25, -0.2) is 0 Å². The summed E-state index contributed by atoms with van der Waals surface area (Å²) in [6, 6.07) is 94.1. The second-order valence-electron chi connectivity index (χ2n) is 21.6. The largest absolute Gasteiger partial charge is 0.454 e. The van der Waals surface area contributed by atoms with Crippen LogP contribution in [0, 0.1) is 13.8 Å². The number of anilines is 6. The van der Waals surface area contributed by atoms with E-state index in [9.17, 15) is 0 Å². The fourth-order valence-corrected chi connectivity index (χ4v) is 14.1. The third-order valence-electron chi connectivity index (χ3n) is 17.3. The lowest BCUT2D eigenvalue weighted by Gasteiger charge is -2.32. The van der Waals surface area contributed by atoms with Gasteiger partial charge >= 0.3 is 0 Å². The Morgan fingerprint density at radius 1 is 0.304 bits per heavy atom. The second-order valence-corrected chi connectivity index (χ2v) is 21.6. The molecule has 1 spiro atoms. The molecule has 0 N–H and O–H groups in total. The topological polar surface area (TPSA) is 32.8 Å². The van der Waals surface area contributed by atoms with Crippen LogP contribution in [0.15, 0.2) is 264 Å². The molecule has 0 bridgehead atoms. The molecule has 2 aliphatic rings. The van der Waals surface area contributed by atoms with Gasteiger partial charge in [-0.15, -0.1) is 0 Å². The van der Waals surface area contributed by atoms with Crippen LogP contribution in [-0.4, -0.2) is 0 Å². The predicted octanol–water partition coefficient (Wildman–Crippen LogP) is 20.8. The second kappa shape index (κ2) is 16.4. The van der Waals surface area contributed by atoms with Crippen LogP contribution in [0.25, 0.3) is 98.4 Å². The zero-order chi connectivity index (χ0) is 52.1. The Bertz CT molecular complexity index is 5050. The lowest BCUT2D eigenvalue weighted by molar-refractivity contribution is 0.668.